The quantitative estimate of drug-likeness (QED) is 0.679. The highest BCUT2D eigenvalue weighted by molar-refractivity contribution is 7.89. The van der Waals surface area contributed by atoms with Crippen molar-refractivity contribution in [2.45, 2.75) is 17.7 Å². The van der Waals surface area contributed by atoms with E-state index in [0.717, 1.165) is 0 Å². The highest BCUT2D eigenvalue weighted by atomic mass is 32.2. The summed E-state index contributed by atoms with van der Waals surface area (Å²) in [6.45, 7) is 0.610. The normalized spacial score (nSPS) is 11.2. The van der Waals surface area contributed by atoms with Gasteiger partial charge in [0.2, 0.25) is 10.0 Å². The van der Waals surface area contributed by atoms with Crippen LogP contribution in [0.2, 0.25) is 0 Å². The molecule has 2 N–H and O–H groups in total. The van der Waals surface area contributed by atoms with Gasteiger partial charge < -0.3 is 9.84 Å². The highest BCUT2D eigenvalue weighted by Gasteiger charge is 2.12. The van der Waals surface area contributed by atoms with E-state index in [1.807, 2.05) is 0 Å². The minimum absolute atomic E-state index is 0.113. The first-order chi connectivity index (χ1) is 11.5. The summed E-state index contributed by atoms with van der Waals surface area (Å²) < 4.78 is 32.0. The molecule has 0 fully saturated rings. The average molecular weight is 349 g/mol. The second kappa shape index (κ2) is 8.47. The van der Waals surface area contributed by atoms with Gasteiger partial charge in [-0.15, -0.1) is 0 Å². The fourth-order valence-corrected chi connectivity index (χ4v) is 3.16. The molecule has 0 heterocycles. The Morgan fingerprint density at radius 2 is 1.67 bits per heavy atom. The molecule has 2 aromatic rings. The first kappa shape index (κ1) is 18.0. The van der Waals surface area contributed by atoms with Gasteiger partial charge in [0.1, 0.15) is 11.3 Å². The molecule has 0 saturated heterocycles. The molecule has 6 nitrogen and oxygen atoms in total. The zero-order valence-corrected chi connectivity index (χ0v) is 13.8. The number of nitrogens with one attached hydrogen (secondary N) is 1. The number of carboxylic acid groups (broad SMARTS) is 1. The van der Waals surface area contributed by atoms with E-state index in [9.17, 15) is 13.2 Å². The zero-order chi connectivity index (χ0) is 17.4. The van der Waals surface area contributed by atoms with E-state index in [0.29, 0.717) is 31.7 Å². The van der Waals surface area contributed by atoms with Crippen LogP contribution in [-0.4, -0.2) is 32.6 Å². The molecule has 2 rings (SSSR count). The average Bonchev–Trinajstić information content (AvgIpc) is 2.59. The van der Waals surface area contributed by atoms with Gasteiger partial charge in [0.25, 0.3) is 0 Å². The number of carbonyl (C=O) groups is 1. The highest BCUT2D eigenvalue weighted by Crippen LogP contribution is 2.18. The summed E-state index contributed by atoms with van der Waals surface area (Å²) in [5.74, 6) is -0.726. The summed E-state index contributed by atoms with van der Waals surface area (Å²) in [4.78, 5) is 11.3. The Hall–Kier alpha value is -2.38. The van der Waals surface area contributed by atoms with Gasteiger partial charge in [-0.3, -0.25) is 0 Å². The molecule has 7 heteroatoms. The van der Waals surface area contributed by atoms with Crippen LogP contribution in [0.5, 0.6) is 5.75 Å². The first-order valence-electron chi connectivity index (χ1n) is 7.50. The molecule has 0 aliphatic heterocycles. The minimum Gasteiger partial charge on any atom is -0.493 e. The fraction of sp³-hybridized carbons (Fsp3) is 0.235. The van der Waals surface area contributed by atoms with E-state index in [-0.39, 0.29) is 10.5 Å². The number of rotatable bonds is 9. The van der Waals surface area contributed by atoms with Crippen molar-refractivity contribution in [1.82, 2.24) is 4.72 Å². The van der Waals surface area contributed by atoms with Crippen LogP contribution in [0.3, 0.4) is 0 Å². The summed E-state index contributed by atoms with van der Waals surface area (Å²) in [5, 5.41) is 9.05. The number of ether oxygens (including phenoxy) is 1. The molecule has 0 spiro atoms. The van der Waals surface area contributed by atoms with Gasteiger partial charge in [-0.1, -0.05) is 30.3 Å². The number of unbranched alkanes of at least 4 members (excludes halogenated alkanes) is 1. The summed E-state index contributed by atoms with van der Waals surface area (Å²) in [6.07, 6.45) is 1.19. The maximum atomic E-state index is 12.0. The van der Waals surface area contributed by atoms with Crippen LogP contribution in [0, 0.1) is 0 Å². The van der Waals surface area contributed by atoms with E-state index in [2.05, 4.69) is 4.72 Å². The lowest BCUT2D eigenvalue weighted by atomic mass is 10.2. The number of hydrogen-bond donors (Lipinski definition) is 2. The largest absolute Gasteiger partial charge is 0.493 e. The lowest BCUT2D eigenvalue weighted by molar-refractivity contribution is 0.0692. The summed E-state index contributed by atoms with van der Waals surface area (Å²) in [5.41, 5.74) is 0.113. The smallest absolute Gasteiger partial charge is 0.339 e. The number of sulfonamides is 1. The third-order valence-electron chi connectivity index (χ3n) is 3.29. The first-order valence-corrected chi connectivity index (χ1v) is 8.99. The Bertz CT molecular complexity index is 775. The Balaban J connectivity index is 1.74. The van der Waals surface area contributed by atoms with Crippen molar-refractivity contribution in [2.24, 2.45) is 0 Å². The van der Waals surface area contributed by atoms with Crippen molar-refractivity contribution in [1.29, 1.82) is 0 Å². The molecular formula is C17H19NO5S. The molecule has 0 unspecified atom stereocenters. The van der Waals surface area contributed by atoms with Crippen molar-refractivity contribution in [2.75, 3.05) is 13.2 Å². The molecule has 128 valence electrons. The molecule has 0 radical (unpaired) electrons. The van der Waals surface area contributed by atoms with Crippen LogP contribution in [0.15, 0.2) is 59.5 Å². The summed E-state index contributed by atoms with van der Waals surface area (Å²) >= 11 is 0. The van der Waals surface area contributed by atoms with Gasteiger partial charge in [0.05, 0.1) is 11.5 Å². The SMILES string of the molecule is O=C(O)c1ccccc1OCCCCNS(=O)(=O)c1ccccc1. The molecule has 0 bridgehead atoms. The van der Waals surface area contributed by atoms with Gasteiger partial charge in [-0.05, 0) is 37.1 Å². The molecule has 24 heavy (non-hydrogen) atoms. The van der Waals surface area contributed by atoms with E-state index in [1.165, 1.54) is 18.2 Å². The molecule has 0 amide bonds. The molecule has 0 aliphatic carbocycles. The van der Waals surface area contributed by atoms with Crippen LogP contribution in [0.25, 0.3) is 0 Å². The molecule has 0 aromatic heterocycles. The Kier molecular flexibility index (Phi) is 6.34. The lowest BCUT2D eigenvalue weighted by Gasteiger charge is -2.09. The Morgan fingerprint density at radius 3 is 2.38 bits per heavy atom. The predicted molar refractivity (Wildman–Crippen MR) is 89.8 cm³/mol. The Morgan fingerprint density at radius 1 is 1.00 bits per heavy atom. The second-order valence-corrected chi connectivity index (χ2v) is 6.83. The standard InChI is InChI=1S/C17H19NO5S/c19-17(20)15-10-4-5-11-16(15)23-13-7-6-12-18-24(21,22)14-8-2-1-3-9-14/h1-5,8-11,18H,6-7,12-13H2,(H,19,20). The van der Waals surface area contributed by atoms with E-state index in [4.69, 9.17) is 9.84 Å². The van der Waals surface area contributed by atoms with E-state index in [1.54, 1.807) is 36.4 Å². The van der Waals surface area contributed by atoms with E-state index >= 15 is 0 Å². The zero-order valence-electron chi connectivity index (χ0n) is 13.0. The maximum Gasteiger partial charge on any atom is 0.339 e. The van der Waals surface area contributed by atoms with Crippen molar-refractivity contribution >= 4 is 16.0 Å². The molecule has 0 saturated carbocycles. The van der Waals surface area contributed by atoms with Crippen molar-refractivity contribution in [3.63, 3.8) is 0 Å². The van der Waals surface area contributed by atoms with Crippen LogP contribution < -0.4 is 9.46 Å². The van der Waals surface area contributed by atoms with E-state index < -0.39 is 16.0 Å². The molecule has 0 atom stereocenters. The van der Waals surface area contributed by atoms with Gasteiger partial charge in [0.15, 0.2) is 0 Å². The van der Waals surface area contributed by atoms with Crippen molar-refractivity contribution in [3.8, 4) is 5.75 Å². The minimum atomic E-state index is -3.49. The monoisotopic (exact) mass is 349 g/mol. The van der Waals surface area contributed by atoms with Crippen molar-refractivity contribution < 1.29 is 23.1 Å². The van der Waals surface area contributed by atoms with Crippen molar-refractivity contribution in [3.05, 3.63) is 60.2 Å². The molecule has 2 aromatic carbocycles. The topological polar surface area (TPSA) is 92.7 Å². The van der Waals surface area contributed by atoms with Gasteiger partial charge >= 0.3 is 5.97 Å². The number of benzene rings is 2. The molecular weight excluding hydrogens is 330 g/mol. The number of aromatic carboxylic acids is 1. The lowest BCUT2D eigenvalue weighted by Crippen LogP contribution is -2.25. The van der Waals surface area contributed by atoms with Crippen LogP contribution in [-0.2, 0) is 10.0 Å². The second-order valence-electron chi connectivity index (χ2n) is 5.07. The Labute approximate surface area is 141 Å². The third kappa shape index (κ3) is 5.07. The number of carboxylic acids is 1. The molecule has 0 aliphatic rings. The van der Waals surface area contributed by atoms with Crippen LogP contribution >= 0.6 is 0 Å². The summed E-state index contributed by atoms with van der Waals surface area (Å²) in [7, 11) is -3.49. The number of hydrogen-bond acceptors (Lipinski definition) is 4. The predicted octanol–water partition coefficient (Wildman–Crippen LogP) is 2.52. The van der Waals surface area contributed by atoms with Gasteiger partial charge in [0, 0.05) is 6.54 Å². The van der Waals surface area contributed by atoms with Crippen LogP contribution in [0.1, 0.15) is 23.2 Å². The third-order valence-corrected chi connectivity index (χ3v) is 4.77. The van der Waals surface area contributed by atoms with Gasteiger partial charge in [-0.2, -0.15) is 0 Å². The van der Waals surface area contributed by atoms with Gasteiger partial charge in [-0.25, -0.2) is 17.9 Å². The number of para-hydroxylation sites is 1. The van der Waals surface area contributed by atoms with Crippen LogP contribution in [0.4, 0.5) is 0 Å². The fourth-order valence-electron chi connectivity index (χ4n) is 2.07. The maximum absolute atomic E-state index is 12.0. The summed E-state index contributed by atoms with van der Waals surface area (Å²) in [6, 6.07) is 14.6.